The summed E-state index contributed by atoms with van der Waals surface area (Å²) in [6.07, 6.45) is 2.38. The molecule has 5 nitrogen and oxygen atoms in total. The molecule has 2 heterocycles. The summed E-state index contributed by atoms with van der Waals surface area (Å²) < 4.78 is 8.30. The highest BCUT2D eigenvalue weighted by molar-refractivity contribution is 5.97. The molecule has 180 valence electrons. The minimum absolute atomic E-state index is 0.0670. The fourth-order valence-corrected chi connectivity index (χ4v) is 5.00. The van der Waals surface area contributed by atoms with Crippen molar-refractivity contribution >= 4 is 22.6 Å². The lowest BCUT2D eigenvalue weighted by Crippen LogP contribution is -2.25. The van der Waals surface area contributed by atoms with Crippen LogP contribution in [0.4, 0.5) is 5.69 Å². The van der Waals surface area contributed by atoms with E-state index in [1.165, 1.54) is 11.1 Å². The number of carbonyl (C=O) groups is 1. The zero-order valence-electron chi connectivity index (χ0n) is 20.8. The van der Waals surface area contributed by atoms with Crippen LogP contribution < -0.4 is 9.64 Å². The van der Waals surface area contributed by atoms with Gasteiger partial charge in [0.2, 0.25) is 5.91 Å². The lowest BCUT2D eigenvalue weighted by atomic mass is 10.1. The third kappa shape index (κ3) is 4.81. The molecule has 1 saturated heterocycles. The van der Waals surface area contributed by atoms with Crippen molar-refractivity contribution in [3.05, 3.63) is 89.2 Å². The fourth-order valence-electron chi connectivity index (χ4n) is 5.00. The molecule has 0 N–H and O–H groups in total. The monoisotopic (exact) mass is 467 g/mol. The van der Waals surface area contributed by atoms with Crippen molar-refractivity contribution in [2.75, 3.05) is 18.1 Å². The van der Waals surface area contributed by atoms with Gasteiger partial charge in [-0.15, -0.1) is 0 Å². The number of para-hydroxylation sites is 2. The standard InChI is InChI=1S/C30H33N3O2/c1-4-23-12-14-25(15-13-23)35-17-7-16-32-27-9-6-5-8-26(27)31-30(32)24-19-29(34)33(20-24)28-18-21(2)10-11-22(28)3/h5-6,8-15,18,24H,4,7,16-17,19-20H2,1-3H3. The molecule has 0 bridgehead atoms. The topological polar surface area (TPSA) is 47.4 Å². The number of imidazole rings is 1. The molecule has 1 atom stereocenters. The van der Waals surface area contributed by atoms with Crippen molar-refractivity contribution in [2.45, 2.75) is 52.5 Å². The van der Waals surface area contributed by atoms with E-state index < -0.39 is 0 Å². The van der Waals surface area contributed by atoms with Crippen molar-refractivity contribution < 1.29 is 9.53 Å². The average Bonchev–Trinajstić information content (AvgIpc) is 3.44. The first-order chi connectivity index (χ1) is 17.0. The maximum absolute atomic E-state index is 13.1. The summed E-state index contributed by atoms with van der Waals surface area (Å²) in [6.45, 7) is 8.39. The van der Waals surface area contributed by atoms with Gasteiger partial charge < -0.3 is 14.2 Å². The zero-order valence-corrected chi connectivity index (χ0v) is 20.8. The Kier molecular flexibility index (Phi) is 6.58. The van der Waals surface area contributed by atoms with E-state index in [2.05, 4.69) is 73.9 Å². The summed E-state index contributed by atoms with van der Waals surface area (Å²) in [4.78, 5) is 20.0. The molecule has 1 amide bonds. The van der Waals surface area contributed by atoms with Gasteiger partial charge in [0.15, 0.2) is 0 Å². The second-order valence-electron chi connectivity index (χ2n) is 9.51. The fraction of sp³-hybridized carbons (Fsp3) is 0.333. The lowest BCUT2D eigenvalue weighted by Gasteiger charge is -2.20. The number of benzene rings is 3. The highest BCUT2D eigenvalue weighted by atomic mass is 16.5. The van der Waals surface area contributed by atoms with Gasteiger partial charge in [-0.1, -0.05) is 43.3 Å². The number of hydrogen-bond acceptors (Lipinski definition) is 3. The molecule has 0 saturated carbocycles. The van der Waals surface area contributed by atoms with Crippen LogP contribution in [-0.2, 0) is 17.8 Å². The summed E-state index contributed by atoms with van der Waals surface area (Å²) in [5, 5.41) is 0. The van der Waals surface area contributed by atoms with Gasteiger partial charge in [-0.25, -0.2) is 4.98 Å². The van der Waals surface area contributed by atoms with Crippen LogP contribution in [0.3, 0.4) is 0 Å². The van der Waals surface area contributed by atoms with E-state index in [1.54, 1.807) is 0 Å². The van der Waals surface area contributed by atoms with Gasteiger partial charge in [-0.3, -0.25) is 4.79 Å². The molecule has 5 rings (SSSR count). The van der Waals surface area contributed by atoms with E-state index >= 15 is 0 Å². The lowest BCUT2D eigenvalue weighted by molar-refractivity contribution is -0.117. The van der Waals surface area contributed by atoms with E-state index in [0.717, 1.165) is 53.2 Å². The van der Waals surface area contributed by atoms with Gasteiger partial charge in [0.05, 0.1) is 17.6 Å². The number of aryl methyl sites for hydroxylation is 4. The van der Waals surface area contributed by atoms with E-state index in [9.17, 15) is 4.79 Å². The Labute approximate surface area is 207 Å². The Morgan fingerprint density at radius 3 is 2.63 bits per heavy atom. The van der Waals surface area contributed by atoms with E-state index in [4.69, 9.17) is 9.72 Å². The summed E-state index contributed by atoms with van der Waals surface area (Å²) in [5.74, 6) is 2.14. The largest absolute Gasteiger partial charge is 0.494 e. The predicted octanol–water partition coefficient (Wildman–Crippen LogP) is 6.21. The molecule has 1 fully saturated rings. The van der Waals surface area contributed by atoms with E-state index in [1.807, 2.05) is 23.1 Å². The molecule has 35 heavy (non-hydrogen) atoms. The highest BCUT2D eigenvalue weighted by Gasteiger charge is 2.35. The molecule has 1 unspecified atom stereocenters. The molecule has 1 aliphatic rings. The Morgan fingerprint density at radius 1 is 1.03 bits per heavy atom. The predicted molar refractivity (Wildman–Crippen MR) is 141 cm³/mol. The van der Waals surface area contributed by atoms with Crippen LogP contribution in [0, 0.1) is 13.8 Å². The maximum atomic E-state index is 13.1. The second-order valence-corrected chi connectivity index (χ2v) is 9.51. The zero-order chi connectivity index (χ0) is 24.4. The van der Waals surface area contributed by atoms with Gasteiger partial charge >= 0.3 is 0 Å². The van der Waals surface area contributed by atoms with Crippen LogP contribution in [0.1, 0.15) is 48.2 Å². The Balaban J connectivity index is 1.34. The van der Waals surface area contributed by atoms with Crippen LogP contribution >= 0.6 is 0 Å². The number of ether oxygens (including phenoxy) is 1. The molecular weight excluding hydrogens is 434 g/mol. The number of nitrogens with zero attached hydrogens (tertiary/aromatic N) is 3. The van der Waals surface area contributed by atoms with E-state index in [0.29, 0.717) is 19.6 Å². The Hall–Kier alpha value is -3.60. The molecular formula is C30H33N3O2. The van der Waals surface area contributed by atoms with Crippen LogP contribution in [0.25, 0.3) is 11.0 Å². The highest BCUT2D eigenvalue weighted by Crippen LogP contribution is 2.35. The van der Waals surface area contributed by atoms with Crippen molar-refractivity contribution in [3.8, 4) is 5.75 Å². The first kappa shape index (κ1) is 23.2. The molecule has 0 radical (unpaired) electrons. The second kappa shape index (κ2) is 9.95. The first-order valence-corrected chi connectivity index (χ1v) is 12.6. The normalized spacial score (nSPS) is 15.8. The molecule has 4 aromatic rings. The van der Waals surface area contributed by atoms with Crippen molar-refractivity contribution in [3.63, 3.8) is 0 Å². The number of rotatable bonds is 8. The number of carbonyl (C=O) groups excluding carboxylic acids is 1. The van der Waals surface area contributed by atoms with Crippen molar-refractivity contribution in [1.29, 1.82) is 0 Å². The van der Waals surface area contributed by atoms with Crippen LogP contribution in [0.15, 0.2) is 66.7 Å². The van der Waals surface area contributed by atoms with Gasteiger partial charge in [-0.05, 0) is 73.7 Å². The maximum Gasteiger partial charge on any atom is 0.227 e. The molecule has 1 aliphatic heterocycles. The molecule has 5 heteroatoms. The SMILES string of the molecule is CCc1ccc(OCCCn2c(C3CC(=O)N(c4cc(C)ccc4C)C3)nc3ccccc32)cc1. The Bertz CT molecular complexity index is 1340. The summed E-state index contributed by atoms with van der Waals surface area (Å²) in [5.41, 5.74) is 6.72. The molecule has 0 aliphatic carbocycles. The van der Waals surface area contributed by atoms with E-state index in [-0.39, 0.29) is 11.8 Å². The van der Waals surface area contributed by atoms with Crippen molar-refractivity contribution in [2.24, 2.45) is 0 Å². The summed E-state index contributed by atoms with van der Waals surface area (Å²) in [6, 6.07) is 22.9. The van der Waals surface area contributed by atoms with Crippen LogP contribution in [0.5, 0.6) is 5.75 Å². The number of fused-ring (bicyclic) bond motifs is 1. The van der Waals surface area contributed by atoms with Gasteiger partial charge in [0, 0.05) is 31.1 Å². The summed E-state index contributed by atoms with van der Waals surface area (Å²) >= 11 is 0. The number of aromatic nitrogens is 2. The smallest absolute Gasteiger partial charge is 0.227 e. The minimum Gasteiger partial charge on any atom is -0.494 e. The first-order valence-electron chi connectivity index (χ1n) is 12.6. The average molecular weight is 468 g/mol. The van der Waals surface area contributed by atoms with Crippen LogP contribution in [-0.4, -0.2) is 28.6 Å². The third-order valence-electron chi connectivity index (χ3n) is 6.96. The molecule has 0 spiro atoms. The number of hydrogen-bond donors (Lipinski definition) is 0. The van der Waals surface area contributed by atoms with Crippen molar-refractivity contribution in [1.82, 2.24) is 9.55 Å². The van der Waals surface area contributed by atoms with Crippen LogP contribution in [0.2, 0.25) is 0 Å². The van der Waals surface area contributed by atoms with Gasteiger partial charge in [0.1, 0.15) is 11.6 Å². The number of anilines is 1. The van der Waals surface area contributed by atoms with Gasteiger partial charge in [0.25, 0.3) is 0 Å². The minimum atomic E-state index is 0.0670. The summed E-state index contributed by atoms with van der Waals surface area (Å²) in [7, 11) is 0. The van der Waals surface area contributed by atoms with Gasteiger partial charge in [-0.2, -0.15) is 0 Å². The number of amides is 1. The Morgan fingerprint density at radius 2 is 1.83 bits per heavy atom. The third-order valence-corrected chi connectivity index (χ3v) is 6.96. The quantitative estimate of drug-likeness (QED) is 0.290. The molecule has 1 aromatic heterocycles. The molecule has 3 aromatic carbocycles.